The van der Waals surface area contributed by atoms with Crippen LogP contribution in [0.2, 0.25) is 0 Å². The Morgan fingerprint density at radius 1 is 1.29 bits per heavy atom. The molecule has 0 radical (unpaired) electrons. The van der Waals surface area contributed by atoms with E-state index in [9.17, 15) is 0 Å². The fraction of sp³-hybridized carbons (Fsp3) is 1.00. The number of rotatable bonds is 5. The van der Waals surface area contributed by atoms with Gasteiger partial charge >= 0.3 is 0 Å². The van der Waals surface area contributed by atoms with Gasteiger partial charge in [-0.3, -0.25) is 0 Å². The lowest BCUT2D eigenvalue weighted by atomic mass is 9.79. The third kappa shape index (κ3) is 3.90. The Morgan fingerprint density at radius 2 is 2.07 bits per heavy atom. The third-order valence-electron chi connectivity index (χ3n) is 3.41. The van der Waals surface area contributed by atoms with Gasteiger partial charge < -0.3 is 4.74 Å². The average Bonchev–Trinajstić information content (AvgIpc) is 2.21. The molecule has 1 aliphatic carbocycles. The highest BCUT2D eigenvalue weighted by Crippen LogP contribution is 2.36. The largest absolute Gasteiger partial charge is 0.382 e. The first-order valence-corrected chi connectivity index (χ1v) is 6.91. The Balaban J connectivity index is 2.25. The van der Waals surface area contributed by atoms with Crippen LogP contribution in [0.15, 0.2) is 0 Å². The van der Waals surface area contributed by atoms with Gasteiger partial charge in [-0.1, -0.05) is 29.3 Å². The van der Waals surface area contributed by atoms with Crippen molar-refractivity contribution in [1.29, 1.82) is 0 Å². The van der Waals surface area contributed by atoms with Gasteiger partial charge in [0.05, 0.1) is 0 Å². The Bertz CT molecular complexity index is 149. The molecule has 1 aliphatic rings. The van der Waals surface area contributed by atoms with Crippen molar-refractivity contribution in [3.8, 4) is 0 Å². The van der Waals surface area contributed by atoms with Crippen LogP contribution in [0.5, 0.6) is 0 Å². The minimum atomic E-state index is 0.741. The summed E-state index contributed by atoms with van der Waals surface area (Å²) < 4.78 is 5.43. The molecule has 0 spiro atoms. The van der Waals surface area contributed by atoms with Crippen molar-refractivity contribution in [2.75, 3.05) is 13.2 Å². The minimum absolute atomic E-state index is 0.741. The highest BCUT2D eigenvalue weighted by atomic mass is 79.9. The highest BCUT2D eigenvalue weighted by Gasteiger charge is 2.27. The van der Waals surface area contributed by atoms with Crippen LogP contribution in [-0.4, -0.2) is 18.0 Å². The van der Waals surface area contributed by atoms with Gasteiger partial charge in [0.1, 0.15) is 0 Å². The first-order valence-electron chi connectivity index (χ1n) is 5.99. The van der Waals surface area contributed by atoms with Crippen LogP contribution in [0.4, 0.5) is 0 Å². The van der Waals surface area contributed by atoms with Crippen molar-refractivity contribution >= 4 is 15.9 Å². The Labute approximate surface area is 96.7 Å². The third-order valence-corrected chi connectivity index (χ3v) is 4.62. The quantitative estimate of drug-likeness (QED) is 0.538. The fourth-order valence-corrected chi connectivity index (χ4v) is 3.12. The summed E-state index contributed by atoms with van der Waals surface area (Å²) in [6.45, 7) is 6.19. The van der Waals surface area contributed by atoms with Crippen LogP contribution in [0.3, 0.4) is 0 Å². The number of hydrogen-bond donors (Lipinski definition) is 0. The van der Waals surface area contributed by atoms with Gasteiger partial charge in [0.15, 0.2) is 0 Å². The van der Waals surface area contributed by atoms with Crippen LogP contribution in [0.1, 0.15) is 46.0 Å². The molecule has 3 atom stereocenters. The second-order valence-corrected chi connectivity index (χ2v) is 5.53. The normalized spacial score (nSPS) is 33.2. The van der Waals surface area contributed by atoms with Crippen molar-refractivity contribution in [3.63, 3.8) is 0 Å². The van der Waals surface area contributed by atoms with Crippen molar-refractivity contribution in [2.45, 2.75) is 50.8 Å². The second-order valence-electron chi connectivity index (χ2n) is 4.35. The molecule has 0 saturated heterocycles. The van der Waals surface area contributed by atoms with Crippen LogP contribution in [-0.2, 0) is 4.74 Å². The van der Waals surface area contributed by atoms with E-state index >= 15 is 0 Å². The lowest BCUT2D eigenvalue weighted by Crippen LogP contribution is -2.26. The molecule has 1 rings (SSSR count). The van der Waals surface area contributed by atoms with Crippen LogP contribution < -0.4 is 0 Å². The zero-order valence-electron chi connectivity index (χ0n) is 9.47. The van der Waals surface area contributed by atoms with Gasteiger partial charge in [0, 0.05) is 18.0 Å². The maximum atomic E-state index is 5.43. The average molecular weight is 263 g/mol. The van der Waals surface area contributed by atoms with Gasteiger partial charge in [-0.15, -0.1) is 0 Å². The Hall–Kier alpha value is 0.440. The predicted octanol–water partition coefficient (Wildman–Crippen LogP) is 4.00. The molecule has 0 amide bonds. The summed E-state index contributed by atoms with van der Waals surface area (Å²) in [6.07, 6.45) is 6.76. The molecule has 2 heteroatoms. The molecular weight excluding hydrogens is 240 g/mol. The van der Waals surface area contributed by atoms with Crippen LogP contribution in [0.25, 0.3) is 0 Å². The highest BCUT2D eigenvalue weighted by molar-refractivity contribution is 9.09. The minimum Gasteiger partial charge on any atom is -0.382 e. The molecule has 0 heterocycles. The number of ether oxygens (including phenoxy) is 1. The molecule has 0 aromatic rings. The van der Waals surface area contributed by atoms with Crippen molar-refractivity contribution in [2.24, 2.45) is 11.8 Å². The SMILES string of the molecule is CCOCCC1CC(CC)CCC1Br. The van der Waals surface area contributed by atoms with E-state index in [0.717, 1.165) is 29.9 Å². The second kappa shape index (κ2) is 6.84. The molecule has 1 fully saturated rings. The lowest BCUT2D eigenvalue weighted by Gasteiger charge is -2.32. The summed E-state index contributed by atoms with van der Waals surface area (Å²) in [5.41, 5.74) is 0. The maximum Gasteiger partial charge on any atom is 0.0468 e. The molecule has 3 unspecified atom stereocenters. The summed E-state index contributed by atoms with van der Waals surface area (Å²) in [5, 5.41) is 0. The molecule has 0 aliphatic heterocycles. The summed E-state index contributed by atoms with van der Waals surface area (Å²) in [7, 11) is 0. The molecule has 1 nitrogen and oxygen atoms in total. The van der Waals surface area contributed by atoms with Crippen LogP contribution in [0, 0.1) is 11.8 Å². The van der Waals surface area contributed by atoms with E-state index in [0.29, 0.717) is 0 Å². The molecule has 84 valence electrons. The number of halogens is 1. The van der Waals surface area contributed by atoms with Crippen molar-refractivity contribution in [3.05, 3.63) is 0 Å². The topological polar surface area (TPSA) is 9.23 Å². The van der Waals surface area contributed by atoms with E-state index in [4.69, 9.17) is 4.74 Å². The molecule has 0 N–H and O–H groups in total. The van der Waals surface area contributed by atoms with Gasteiger partial charge in [-0.2, -0.15) is 0 Å². The fourth-order valence-electron chi connectivity index (χ4n) is 2.37. The smallest absolute Gasteiger partial charge is 0.0468 e. The molecule has 1 saturated carbocycles. The van der Waals surface area contributed by atoms with Gasteiger partial charge in [0.25, 0.3) is 0 Å². The lowest BCUT2D eigenvalue weighted by molar-refractivity contribution is 0.120. The van der Waals surface area contributed by atoms with E-state index in [1.54, 1.807) is 0 Å². The van der Waals surface area contributed by atoms with Gasteiger partial charge in [-0.25, -0.2) is 0 Å². The number of alkyl halides is 1. The maximum absolute atomic E-state index is 5.43. The van der Waals surface area contributed by atoms with E-state index < -0.39 is 0 Å². The van der Waals surface area contributed by atoms with Crippen LogP contribution >= 0.6 is 15.9 Å². The van der Waals surface area contributed by atoms with Gasteiger partial charge in [-0.05, 0) is 44.4 Å². The standard InChI is InChI=1S/C12H23BrO/c1-3-10-5-6-12(13)11(9-10)7-8-14-4-2/h10-12H,3-9H2,1-2H3. The predicted molar refractivity (Wildman–Crippen MR) is 64.9 cm³/mol. The zero-order chi connectivity index (χ0) is 10.4. The monoisotopic (exact) mass is 262 g/mol. The molecule has 0 aromatic heterocycles. The van der Waals surface area contributed by atoms with E-state index in [1.807, 2.05) is 0 Å². The first-order chi connectivity index (χ1) is 6.77. The number of hydrogen-bond acceptors (Lipinski definition) is 1. The molecule has 0 bridgehead atoms. The summed E-state index contributed by atoms with van der Waals surface area (Å²) >= 11 is 3.81. The van der Waals surface area contributed by atoms with E-state index in [-0.39, 0.29) is 0 Å². The summed E-state index contributed by atoms with van der Waals surface area (Å²) in [5.74, 6) is 1.82. The first kappa shape index (κ1) is 12.5. The zero-order valence-corrected chi connectivity index (χ0v) is 11.1. The molecule has 14 heavy (non-hydrogen) atoms. The molecular formula is C12H23BrO. The van der Waals surface area contributed by atoms with E-state index in [2.05, 4.69) is 29.8 Å². The Morgan fingerprint density at radius 3 is 2.71 bits per heavy atom. The Kier molecular flexibility index (Phi) is 6.11. The summed E-state index contributed by atoms with van der Waals surface area (Å²) in [6, 6.07) is 0. The molecule has 0 aromatic carbocycles. The van der Waals surface area contributed by atoms with Gasteiger partial charge in [0.2, 0.25) is 0 Å². The van der Waals surface area contributed by atoms with Crippen molar-refractivity contribution < 1.29 is 4.74 Å². The van der Waals surface area contributed by atoms with Crippen molar-refractivity contribution in [1.82, 2.24) is 0 Å². The van der Waals surface area contributed by atoms with E-state index in [1.165, 1.54) is 32.1 Å². The summed E-state index contributed by atoms with van der Waals surface area (Å²) in [4.78, 5) is 0.741.